The Morgan fingerprint density at radius 2 is 2.06 bits per heavy atom. The van der Waals surface area contributed by atoms with Crippen LogP contribution in [-0.4, -0.2) is 4.98 Å². The fourth-order valence-corrected chi connectivity index (χ4v) is 1.33. The molecule has 0 aliphatic rings. The van der Waals surface area contributed by atoms with Crippen molar-refractivity contribution in [2.75, 3.05) is 5.73 Å². The van der Waals surface area contributed by atoms with Crippen LogP contribution in [0.1, 0.15) is 5.56 Å². The number of rotatable bonds is 3. The van der Waals surface area contributed by atoms with Gasteiger partial charge in [-0.3, -0.25) is 0 Å². The van der Waals surface area contributed by atoms with Gasteiger partial charge in [0.25, 0.3) is 0 Å². The number of pyridine rings is 1. The Morgan fingerprint density at radius 3 is 2.82 bits per heavy atom. The highest BCUT2D eigenvalue weighted by atomic mass is 19.1. The Morgan fingerprint density at radius 1 is 1.24 bits per heavy atom. The summed E-state index contributed by atoms with van der Waals surface area (Å²) in [4.78, 5) is 3.82. The topological polar surface area (TPSA) is 48.1 Å². The highest BCUT2D eigenvalue weighted by molar-refractivity contribution is 5.44. The lowest BCUT2D eigenvalue weighted by atomic mass is 10.2. The van der Waals surface area contributed by atoms with Gasteiger partial charge in [0.2, 0.25) is 0 Å². The number of halogens is 2. The van der Waals surface area contributed by atoms with Gasteiger partial charge in [0.1, 0.15) is 18.2 Å². The quantitative estimate of drug-likeness (QED) is 0.890. The molecule has 2 aromatic rings. The summed E-state index contributed by atoms with van der Waals surface area (Å²) >= 11 is 0. The summed E-state index contributed by atoms with van der Waals surface area (Å²) in [5, 5.41) is 0. The SMILES string of the molecule is Nc1ncccc1OCc1cc(F)ccc1F. The zero-order valence-corrected chi connectivity index (χ0v) is 8.86. The van der Waals surface area contributed by atoms with E-state index in [0.29, 0.717) is 5.75 Å². The van der Waals surface area contributed by atoms with Crippen molar-refractivity contribution in [2.45, 2.75) is 6.61 Å². The van der Waals surface area contributed by atoms with Crippen LogP contribution < -0.4 is 10.5 Å². The van der Waals surface area contributed by atoms with E-state index >= 15 is 0 Å². The van der Waals surface area contributed by atoms with Crippen molar-refractivity contribution in [1.82, 2.24) is 4.98 Å². The molecule has 1 aromatic carbocycles. The summed E-state index contributed by atoms with van der Waals surface area (Å²) in [7, 11) is 0. The molecule has 0 unspecified atom stereocenters. The summed E-state index contributed by atoms with van der Waals surface area (Å²) < 4.78 is 31.4. The number of nitrogen functional groups attached to an aromatic ring is 1. The zero-order chi connectivity index (χ0) is 12.3. The molecule has 88 valence electrons. The van der Waals surface area contributed by atoms with Gasteiger partial charge in [-0.25, -0.2) is 13.8 Å². The Kier molecular flexibility index (Phi) is 3.18. The molecule has 0 atom stereocenters. The van der Waals surface area contributed by atoms with Crippen LogP contribution >= 0.6 is 0 Å². The summed E-state index contributed by atoms with van der Waals surface area (Å²) in [5.41, 5.74) is 5.68. The van der Waals surface area contributed by atoms with Crippen molar-refractivity contribution >= 4 is 5.82 Å². The smallest absolute Gasteiger partial charge is 0.166 e. The van der Waals surface area contributed by atoms with Crippen LogP contribution in [-0.2, 0) is 6.61 Å². The highest BCUT2D eigenvalue weighted by Gasteiger charge is 2.06. The molecule has 0 radical (unpaired) electrons. The van der Waals surface area contributed by atoms with Crippen LogP contribution in [0.2, 0.25) is 0 Å². The van der Waals surface area contributed by atoms with Crippen LogP contribution in [0.15, 0.2) is 36.5 Å². The van der Waals surface area contributed by atoms with Crippen molar-refractivity contribution < 1.29 is 13.5 Å². The first-order chi connectivity index (χ1) is 8.16. The monoisotopic (exact) mass is 236 g/mol. The first kappa shape index (κ1) is 11.3. The minimum absolute atomic E-state index is 0.0977. The van der Waals surface area contributed by atoms with Gasteiger partial charge >= 0.3 is 0 Å². The second-order valence-electron chi connectivity index (χ2n) is 3.41. The third-order valence-electron chi connectivity index (χ3n) is 2.19. The van der Waals surface area contributed by atoms with Crippen LogP contribution in [0.3, 0.4) is 0 Å². The van der Waals surface area contributed by atoms with E-state index in [2.05, 4.69) is 4.98 Å². The van der Waals surface area contributed by atoms with Crippen LogP contribution in [0.25, 0.3) is 0 Å². The maximum Gasteiger partial charge on any atom is 0.166 e. The zero-order valence-electron chi connectivity index (χ0n) is 8.86. The largest absolute Gasteiger partial charge is 0.485 e. The third kappa shape index (κ3) is 2.69. The lowest BCUT2D eigenvalue weighted by Crippen LogP contribution is -2.02. The molecule has 0 aliphatic heterocycles. The molecular formula is C12H10F2N2O. The maximum atomic E-state index is 13.3. The number of anilines is 1. The Hall–Kier alpha value is -2.17. The maximum absolute atomic E-state index is 13.3. The van der Waals surface area contributed by atoms with Gasteiger partial charge < -0.3 is 10.5 Å². The highest BCUT2D eigenvalue weighted by Crippen LogP contribution is 2.19. The Labute approximate surface area is 96.9 Å². The molecule has 0 fully saturated rings. The van der Waals surface area contributed by atoms with E-state index in [-0.39, 0.29) is 18.0 Å². The van der Waals surface area contributed by atoms with E-state index in [1.165, 1.54) is 6.20 Å². The van der Waals surface area contributed by atoms with Gasteiger partial charge in [0.15, 0.2) is 11.6 Å². The minimum Gasteiger partial charge on any atom is -0.485 e. The predicted molar refractivity (Wildman–Crippen MR) is 59.3 cm³/mol. The molecule has 17 heavy (non-hydrogen) atoms. The second kappa shape index (κ2) is 4.78. The van der Waals surface area contributed by atoms with E-state index in [1.54, 1.807) is 12.1 Å². The molecular weight excluding hydrogens is 226 g/mol. The molecule has 2 N–H and O–H groups in total. The number of nitrogens with two attached hydrogens (primary N) is 1. The van der Waals surface area contributed by atoms with Crippen LogP contribution in [0, 0.1) is 11.6 Å². The number of ether oxygens (including phenoxy) is 1. The normalized spacial score (nSPS) is 10.2. The third-order valence-corrected chi connectivity index (χ3v) is 2.19. The average molecular weight is 236 g/mol. The van der Waals surface area contributed by atoms with Gasteiger partial charge in [-0.2, -0.15) is 0 Å². The lowest BCUT2D eigenvalue weighted by molar-refractivity contribution is 0.299. The van der Waals surface area contributed by atoms with E-state index in [9.17, 15) is 8.78 Å². The molecule has 1 aromatic heterocycles. The Balaban J connectivity index is 2.12. The fraction of sp³-hybridized carbons (Fsp3) is 0.0833. The van der Waals surface area contributed by atoms with E-state index < -0.39 is 11.6 Å². The Bertz CT molecular complexity index is 532. The number of nitrogens with zero attached hydrogens (tertiary/aromatic N) is 1. The molecule has 0 amide bonds. The fourth-order valence-electron chi connectivity index (χ4n) is 1.33. The van der Waals surface area contributed by atoms with Crippen molar-refractivity contribution in [3.05, 3.63) is 53.7 Å². The van der Waals surface area contributed by atoms with Crippen LogP contribution in [0.5, 0.6) is 5.75 Å². The van der Waals surface area contributed by atoms with Crippen molar-refractivity contribution in [1.29, 1.82) is 0 Å². The molecule has 2 rings (SSSR count). The standard InChI is InChI=1S/C12H10F2N2O/c13-9-3-4-10(14)8(6-9)7-17-11-2-1-5-16-12(11)15/h1-6H,7H2,(H2,15,16). The average Bonchev–Trinajstić information content (AvgIpc) is 2.32. The van der Waals surface area contributed by atoms with E-state index in [1.807, 2.05) is 0 Å². The first-order valence-electron chi connectivity index (χ1n) is 4.94. The van der Waals surface area contributed by atoms with E-state index in [4.69, 9.17) is 10.5 Å². The summed E-state index contributed by atoms with van der Waals surface area (Å²) in [6, 6.07) is 6.45. The first-order valence-corrected chi connectivity index (χ1v) is 4.94. The van der Waals surface area contributed by atoms with Gasteiger partial charge in [-0.05, 0) is 30.3 Å². The number of benzene rings is 1. The lowest BCUT2D eigenvalue weighted by Gasteiger charge is -2.08. The molecule has 5 heteroatoms. The van der Waals surface area contributed by atoms with Gasteiger partial charge in [-0.1, -0.05) is 0 Å². The summed E-state index contributed by atoms with van der Waals surface area (Å²) in [6.07, 6.45) is 1.52. The molecule has 0 bridgehead atoms. The number of hydrogen-bond acceptors (Lipinski definition) is 3. The molecule has 0 saturated heterocycles. The molecule has 0 spiro atoms. The van der Waals surface area contributed by atoms with Gasteiger partial charge in [-0.15, -0.1) is 0 Å². The second-order valence-corrected chi connectivity index (χ2v) is 3.41. The van der Waals surface area contributed by atoms with Crippen molar-refractivity contribution in [3.63, 3.8) is 0 Å². The van der Waals surface area contributed by atoms with Crippen molar-refractivity contribution in [2.24, 2.45) is 0 Å². The van der Waals surface area contributed by atoms with Crippen LogP contribution in [0.4, 0.5) is 14.6 Å². The minimum atomic E-state index is -0.520. The summed E-state index contributed by atoms with van der Waals surface area (Å²) in [6.45, 7) is -0.0977. The number of aromatic nitrogens is 1. The number of hydrogen-bond donors (Lipinski definition) is 1. The van der Waals surface area contributed by atoms with E-state index in [0.717, 1.165) is 18.2 Å². The summed E-state index contributed by atoms with van der Waals surface area (Å²) in [5.74, 6) is -0.474. The molecule has 0 aliphatic carbocycles. The van der Waals surface area contributed by atoms with Gasteiger partial charge in [0.05, 0.1) is 0 Å². The van der Waals surface area contributed by atoms with Gasteiger partial charge in [0, 0.05) is 11.8 Å². The molecule has 3 nitrogen and oxygen atoms in total. The molecule has 0 saturated carbocycles. The van der Waals surface area contributed by atoms with Crippen molar-refractivity contribution in [3.8, 4) is 5.75 Å². The predicted octanol–water partition coefficient (Wildman–Crippen LogP) is 2.52. The molecule has 1 heterocycles.